The molecule has 8 nitrogen and oxygen atoms in total. The summed E-state index contributed by atoms with van der Waals surface area (Å²) in [6, 6.07) is 16.4. The molecular formula is C30H34Cl2N4O4. The van der Waals surface area contributed by atoms with Crippen molar-refractivity contribution in [2.75, 3.05) is 33.0 Å². The Morgan fingerprint density at radius 2 is 1.62 bits per heavy atom. The quantitative estimate of drug-likeness (QED) is 0.133. The molecule has 0 aliphatic heterocycles. The van der Waals surface area contributed by atoms with Gasteiger partial charge in [-0.2, -0.15) is 5.10 Å². The Morgan fingerprint density at radius 3 is 2.33 bits per heavy atom. The fourth-order valence-corrected chi connectivity index (χ4v) is 5.11. The highest BCUT2D eigenvalue weighted by Gasteiger charge is 2.15. The third-order valence-corrected chi connectivity index (χ3v) is 7.45. The number of hydrogen-bond donors (Lipinski definition) is 3. The number of aliphatic hydroxyl groups is 1. The van der Waals surface area contributed by atoms with E-state index in [-0.39, 0.29) is 5.56 Å². The minimum atomic E-state index is -0.735. The number of benzene rings is 3. The minimum Gasteiger partial charge on any atom is -0.493 e. The van der Waals surface area contributed by atoms with E-state index in [1.165, 1.54) is 0 Å². The highest BCUT2D eigenvalue weighted by molar-refractivity contribution is 6.38. The molecule has 0 saturated carbocycles. The van der Waals surface area contributed by atoms with E-state index >= 15 is 0 Å². The first-order valence-corrected chi connectivity index (χ1v) is 13.9. The lowest BCUT2D eigenvalue weighted by atomic mass is 10.0. The van der Waals surface area contributed by atoms with E-state index < -0.39 is 6.10 Å². The van der Waals surface area contributed by atoms with Gasteiger partial charge in [0.1, 0.15) is 0 Å². The highest BCUT2D eigenvalue weighted by atomic mass is 35.5. The molecule has 1 aromatic heterocycles. The third-order valence-electron chi connectivity index (χ3n) is 6.82. The number of anilines is 1. The lowest BCUT2D eigenvalue weighted by Crippen LogP contribution is -2.24. The summed E-state index contributed by atoms with van der Waals surface area (Å²) in [5.74, 6) is 1.23. The number of nitrogens with zero attached hydrogens (tertiary/aromatic N) is 2. The number of halogens is 2. The van der Waals surface area contributed by atoms with Crippen LogP contribution in [0.15, 0.2) is 59.4 Å². The van der Waals surface area contributed by atoms with E-state index in [0.717, 1.165) is 48.9 Å². The Hall–Kier alpha value is -3.30. The summed E-state index contributed by atoms with van der Waals surface area (Å²) < 4.78 is 12.4. The lowest BCUT2D eigenvalue weighted by molar-refractivity contribution is 0.174. The fraction of sp³-hybridized carbons (Fsp3) is 0.333. The number of aromatic nitrogens is 2. The van der Waals surface area contributed by atoms with Gasteiger partial charge in [-0.25, -0.2) is 4.68 Å². The second-order valence-electron chi connectivity index (χ2n) is 9.52. The maximum absolute atomic E-state index is 13.2. The monoisotopic (exact) mass is 584 g/mol. The summed E-state index contributed by atoms with van der Waals surface area (Å²) in [7, 11) is 3.19. The maximum Gasteiger partial charge on any atom is 0.274 e. The largest absolute Gasteiger partial charge is 0.493 e. The SMILES string of the molecule is COc1ccc(-c2nn(CCCCCCNCC(O)c3cc(Cl)c(N)c(Cl)c3)c(=O)c3ccccc23)cc1OC. The zero-order chi connectivity index (χ0) is 28.6. The summed E-state index contributed by atoms with van der Waals surface area (Å²) in [4.78, 5) is 13.2. The average molecular weight is 586 g/mol. The number of nitrogens with one attached hydrogen (secondary N) is 1. The smallest absolute Gasteiger partial charge is 0.274 e. The van der Waals surface area contributed by atoms with Crippen LogP contribution in [0.25, 0.3) is 22.0 Å². The number of hydrogen-bond acceptors (Lipinski definition) is 7. The first kappa shape index (κ1) is 29.7. The number of rotatable bonds is 13. The summed E-state index contributed by atoms with van der Waals surface area (Å²) >= 11 is 12.1. The molecule has 0 spiro atoms. The van der Waals surface area contributed by atoms with Crippen molar-refractivity contribution in [1.29, 1.82) is 0 Å². The van der Waals surface area contributed by atoms with Crippen LogP contribution in [0, 0.1) is 0 Å². The van der Waals surface area contributed by atoms with Crippen LogP contribution in [-0.2, 0) is 6.54 Å². The van der Waals surface area contributed by atoms with Gasteiger partial charge in [-0.15, -0.1) is 0 Å². The Labute approximate surface area is 243 Å². The molecule has 10 heteroatoms. The molecule has 4 N–H and O–H groups in total. The Bertz CT molecular complexity index is 1500. The molecule has 1 atom stereocenters. The summed E-state index contributed by atoms with van der Waals surface area (Å²) in [6.07, 6.45) is 2.95. The third kappa shape index (κ3) is 6.88. The van der Waals surface area contributed by atoms with Gasteiger partial charge in [-0.3, -0.25) is 4.79 Å². The molecule has 3 aromatic carbocycles. The molecule has 0 fully saturated rings. The molecule has 40 heavy (non-hydrogen) atoms. The predicted octanol–water partition coefficient (Wildman–Crippen LogP) is 5.85. The molecule has 212 valence electrons. The van der Waals surface area contributed by atoms with Crippen molar-refractivity contribution < 1.29 is 14.6 Å². The number of nitrogens with two attached hydrogens (primary N) is 1. The normalized spacial score (nSPS) is 12.0. The van der Waals surface area contributed by atoms with Gasteiger partial charge in [0.25, 0.3) is 5.56 Å². The predicted molar refractivity (Wildman–Crippen MR) is 162 cm³/mol. The number of ether oxygens (including phenoxy) is 2. The van der Waals surface area contributed by atoms with E-state index in [0.29, 0.717) is 51.3 Å². The van der Waals surface area contributed by atoms with Gasteiger partial charge in [-0.1, -0.05) is 54.2 Å². The average Bonchev–Trinajstić information content (AvgIpc) is 2.97. The van der Waals surface area contributed by atoms with Crippen LogP contribution in [0.4, 0.5) is 5.69 Å². The van der Waals surface area contributed by atoms with E-state index in [2.05, 4.69) is 5.32 Å². The first-order chi connectivity index (χ1) is 19.3. The van der Waals surface area contributed by atoms with Crippen molar-refractivity contribution in [3.05, 3.63) is 80.6 Å². The molecule has 1 unspecified atom stereocenters. The van der Waals surface area contributed by atoms with Gasteiger partial charge in [0.05, 0.1) is 47.1 Å². The number of aryl methyl sites for hydroxylation is 1. The maximum atomic E-state index is 13.2. The van der Waals surface area contributed by atoms with E-state index in [4.69, 9.17) is 43.5 Å². The van der Waals surface area contributed by atoms with Gasteiger partial charge < -0.3 is 25.6 Å². The van der Waals surface area contributed by atoms with Gasteiger partial charge in [0.2, 0.25) is 0 Å². The van der Waals surface area contributed by atoms with Crippen molar-refractivity contribution in [3.8, 4) is 22.8 Å². The Balaban J connectivity index is 1.32. The number of methoxy groups -OCH3 is 2. The van der Waals surface area contributed by atoms with Gasteiger partial charge in [-0.05, 0) is 61.3 Å². The number of unbranched alkanes of at least 4 members (excludes halogenated alkanes) is 3. The van der Waals surface area contributed by atoms with Crippen LogP contribution in [0.2, 0.25) is 10.0 Å². The summed E-state index contributed by atoms with van der Waals surface area (Å²) in [5.41, 5.74) is 8.17. The van der Waals surface area contributed by atoms with E-state index in [9.17, 15) is 9.90 Å². The standard InChI is InChI=1S/C30H34Cl2N4O4/c1-39-26-12-11-19(17-27(26)40-2)29-21-9-5-6-10-22(21)30(38)36(35-29)14-8-4-3-7-13-34-18-25(37)20-15-23(31)28(33)24(32)16-20/h5-6,9-12,15-17,25,34,37H,3-4,7-8,13-14,18,33H2,1-2H3. The first-order valence-electron chi connectivity index (χ1n) is 13.2. The molecular weight excluding hydrogens is 551 g/mol. The summed E-state index contributed by atoms with van der Waals surface area (Å²) in [5, 5.41) is 20.5. The topological polar surface area (TPSA) is 112 Å². The molecule has 0 saturated heterocycles. The van der Waals surface area contributed by atoms with Crippen molar-refractivity contribution >= 4 is 39.7 Å². The second-order valence-corrected chi connectivity index (χ2v) is 10.3. The number of fused-ring (bicyclic) bond motifs is 1. The molecule has 4 rings (SSSR count). The lowest BCUT2D eigenvalue weighted by Gasteiger charge is -2.14. The zero-order valence-electron chi connectivity index (χ0n) is 22.6. The molecule has 1 heterocycles. The Morgan fingerprint density at radius 1 is 0.950 bits per heavy atom. The van der Waals surface area contributed by atoms with Crippen LogP contribution < -0.4 is 26.1 Å². The fourth-order valence-electron chi connectivity index (χ4n) is 4.60. The molecule has 0 amide bonds. The van der Waals surface area contributed by atoms with Crippen molar-refractivity contribution in [2.45, 2.75) is 38.3 Å². The Kier molecular flexibility index (Phi) is 10.3. The zero-order valence-corrected chi connectivity index (χ0v) is 24.1. The van der Waals surface area contributed by atoms with Crippen LogP contribution in [-0.4, -0.2) is 42.2 Å². The van der Waals surface area contributed by atoms with Crippen LogP contribution in [0.3, 0.4) is 0 Å². The van der Waals surface area contributed by atoms with E-state index in [1.807, 2.05) is 42.5 Å². The van der Waals surface area contributed by atoms with E-state index in [1.54, 1.807) is 31.0 Å². The molecule has 0 aliphatic rings. The van der Waals surface area contributed by atoms with Crippen LogP contribution >= 0.6 is 23.2 Å². The molecule has 4 aromatic rings. The van der Waals surface area contributed by atoms with Gasteiger partial charge in [0, 0.05) is 24.0 Å². The van der Waals surface area contributed by atoms with Crippen molar-refractivity contribution in [1.82, 2.24) is 15.1 Å². The minimum absolute atomic E-state index is 0.0987. The summed E-state index contributed by atoms with van der Waals surface area (Å²) in [6.45, 7) is 1.66. The number of nitrogen functional groups attached to an aromatic ring is 1. The van der Waals surface area contributed by atoms with Crippen LogP contribution in [0.5, 0.6) is 11.5 Å². The van der Waals surface area contributed by atoms with Crippen molar-refractivity contribution in [2.24, 2.45) is 0 Å². The van der Waals surface area contributed by atoms with Gasteiger partial charge in [0.15, 0.2) is 11.5 Å². The molecule has 0 radical (unpaired) electrons. The molecule has 0 bridgehead atoms. The van der Waals surface area contributed by atoms with Crippen LogP contribution in [0.1, 0.15) is 37.4 Å². The van der Waals surface area contributed by atoms with Gasteiger partial charge >= 0.3 is 0 Å². The second kappa shape index (κ2) is 13.9. The van der Waals surface area contributed by atoms with Crippen molar-refractivity contribution in [3.63, 3.8) is 0 Å². The number of aliphatic hydroxyl groups excluding tert-OH is 1. The highest BCUT2D eigenvalue weighted by Crippen LogP contribution is 2.34. The molecule has 0 aliphatic carbocycles.